The predicted octanol–water partition coefficient (Wildman–Crippen LogP) is 3.26. The van der Waals surface area contributed by atoms with E-state index >= 15 is 0 Å². The minimum absolute atomic E-state index is 0.0233. The molecule has 4 rings (SSSR count). The maximum atomic E-state index is 13.2. The molecule has 0 fully saturated rings. The van der Waals surface area contributed by atoms with E-state index < -0.39 is 15.8 Å². The van der Waals surface area contributed by atoms with Crippen molar-refractivity contribution in [2.45, 2.75) is 24.7 Å². The van der Waals surface area contributed by atoms with Gasteiger partial charge in [-0.25, -0.2) is 12.8 Å². The van der Waals surface area contributed by atoms with Crippen molar-refractivity contribution in [1.29, 1.82) is 0 Å². The monoisotopic (exact) mass is 428 g/mol. The molecule has 0 atom stereocenters. The number of carbonyl (C=O) groups excluding carboxylic acids is 1. The summed E-state index contributed by atoms with van der Waals surface area (Å²) in [5.41, 5.74) is 2.99. The number of amides is 1. The van der Waals surface area contributed by atoms with Gasteiger partial charge in [0.1, 0.15) is 5.82 Å². The van der Waals surface area contributed by atoms with E-state index in [1.807, 2.05) is 13.0 Å². The van der Waals surface area contributed by atoms with Crippen molar-refractivity contribution in [3.8, 4) is 0 Å². The molecule has 0 bridgehead atoms. The van der Waals surface area contributed by atoms with Gasteiger partial charge in [0.2, 0.25) is 0 Å². The Labute approximate surface area is 174 Å². The lowest BCUT2D eigenvalue weighted by Crippen LogP contribution is -2.35. The van der Waals surface area contributed by atoms with Gasteiger partial charge in [-0.1, -0.05) is 6.07 Å². The van der Waals surface area contributed by atoms with Crippen molar-refractivity contribution in [1.82, 2.24) is 9.78 Å². The van der Waals surface area contributed by atoms with Gasteiger partial charge in [0.05, 0.1) is 10.6 Å². The van der Waals surface area contributed by atoms with Crippen LogP contribution in [-0.2, 0) is 23.5 Å². The van der Waals surface area contributed by atoms with Gasteiger partial charge in [0.25, 0.3) is 15.9 Å². The smallest absolute Gasteiger partial charge is 0.276 e. The fourth-order valence-corrected chi connectivity index (χ4v) is 5.00. The number of hydrogen-bond donors (Lipinski definition) is 1. The largest absolute Gasteiger partial charge is 0.321 e. The third-order valence-electron chi connectivity index (χ3n) is 5.17. The summed E-state index contributed by atoms with van der Waals surface area (Å²) in [6, 6.07) is 11.7. The Bertz CT molecular complexity index is 1200. The molecule has 2 aromatic carbocycles. The van der Waals surface area contributed by atoms with E-state index in [1.165, 1.54) is 16.4 Å². The number of carbonyl (C=O) groups is 1. The highest BCUT2D eigenvalue weighted by Crippen LogP contribution is 2.34. The quantitative estimate of drug-likeness (QED) is 0.691. The van der Waals surface area contributed by atoms with Crippen molar-refractivity contribution in [2.75, 3.05) is 16.2 Å². The molecule has 30 heavy (non-hydrogen) atoms. The third-order valence-corrected chi connectivity index (χ3v) is 6.99. The van der Waals surface area contributed by atoms with Crippen LogP contribution in [0.2, 0.25) is 0 Å². The summed E-state index contributed by atoms with van der Waals surface area (Å²) in [6.07, 6.45) is 1.41. The number of hydrogen-bond acceptors (Lipinski definition) is 4. The van der Waals surface area contributed by atoms with E-state index in [1.54, 1.807) is 29.9 Å². The van der Waals surface area contributed by atoms with Crippen LogP contribution in [0.5, 0.6) is 0 Å². The van der Waals surface area contributed by atoms with Crippen LogP contribution in [-0.4, -0.2) is 30.7 Å². The zero-order valence-corrected chi connectivity index (χ0v) is 17.4. The third kappa shape index (κ3) is 3.68. The molecule has 7 nitrogen and oxygen atoms in total. The highest BCUT2D eigenvalue weighted by Gasteiger charge is 2.29. The Kier molecular flexibility index (Phi) is 5.07. The van der Waals surface area contributed by atoms with E-state index in [4.69, 9.17) is 0 Å². The van der Waals surface area contributed by atoms with Crippen molar-refractivity contribution in [3.05, 3.63) is 71.3 Å². The number of aryl methyl sites for hydroxylation is 3. The van der Waals surface area contributed by atoms with E-state index in [9.17, 15) is 17.6 Å². The van der Waals surface area contributed by atoms with Gasteiger partial charge in [-0.05, 0) is 67.8 Å². The lowest BCUT2D eigenvalue weighted by atomic mass is 10.0. The van der Waals surface area contributed by atoms with Gasteiger partial charge < -0.3 is 5.32 Å². The second kappa shape index (κ2) is 7.56. The molecular weight excluding hydrogens is 407 g/mol. The normalized spacial score (nSPS) is 13.8. The predicted molar refractivity (Wildman–Crippen MR) is 112 cm³/mol. The first-order chi connectivity index (χ1) is 14.3. The van der Waals surface area contributed by atoms with E-state index in [-0.39, 0.29) is 16.5 Å². The SMILES string of the molecule is Cc1cc(C(=O)Nc2ccc3c(c2)N(S(=O)(=O)c2ccc(F)cc2)CCC3)nn1C. The summed E-state index contributed by atoms with van der Waals surface area (Å²) < 4.78 is 42.5. The van der Waals surface area contributed by atoms with Crippen LogP contribution < -0.4 is 9.62 Å². The van der Waals surface area contributed by atoms with Crippen LogP contribution in [0.25, 0.3) is 0 Å². The Balaban J connectivity index is 1.66. The van der Waals surface area contributed by atoms with E-state index in [0.29, 0.717) is 24.3 Å². The Morgan fingerprint density at radius 2 is 1.87 bits per heavy atom. The summed E-state index contributed by atoms with van der Waals surface area (Å²) in [4.78, 5) is 12.5. The lowest BCUT2D eigenvalue weighted by molar-refractivity contribution is 0.102. The second-order valence-electron chi connectivity index (χ2n) is 7.23. The fraction of sp³-hybridized carbons (Fsp3) is 0.238. The Hall–Kier alpha value is -3.20. The maximum Gasteiger partial charge on any atom is 0.276 e. The number of aromatic nitrogens is 2. The van der Waals surface area contributed by atoms with Crippen LogP contribution in [0.1, 0.15) is 28.2 Å². The zero-order valence-electron chi connectivity index (χ0n) is 16.6. The molecule has 0 spiro atoms. The highest BCUT2D eigenvalue weighted by atomic mass is 32.2. The van der Waals surface area contributed by atoms with Gasteiger partial charge in [0.15, 0.2) is 5.69 Å². The first-order valence-electron chi connectivity index (χ1n) is 9.49. The second-order valence-corrected chi connectivity index (χ2v) is 9.09. The van der Waals surface area contributed by atoms with Gasteiger partial charge >= 0.3 is 0 Å². The minimum Gasteiger partial charge on any atom is -0.321 e. The number of sulfonamides is 1. The molecule has 1 N–H and O–H groups in total. The summed E-state index contributed by atoms with van der Waals surface area (Å²) in [5.74, 6) is -0.870. The summed E-state index contributed by atoms with van der Waals surface area (Å²) in [5, 5.41) is 6.94. The summed E-state index contributed by atoms with van der Waals surface area (Å²) in [7, 11) is -2.10. The van der Waals surface area contributed by atoms with Crippen molar-refractivity contribution in [3.63, 3.8) is 0 Å². The fourth-order valence-electron chi connectivity index (χ4n) is 3.47. The zero-order chi connectivity index (χ0) is 21.5. The summed E-state index contributed by atoms with van der Waals surface area (Å²) >= 11 is 0. The molecule has 0 radical (unpaired) electrons. The molecule has 3 aromatic rings. The van der Waals surface area contributed by atoms with Gasteiger partial charge in [-0.2, -0.15) is 5.10 Å². The molecule has 0 saturated heterocycles. The Morgan fingerprint density at radius 3 is 2.53 bits per heavy atom. The standard InChI is InChI=1S/C21H21FN4O3S/c1-14-12-19(24-25(14)2)21(27)23-17-8-5-15-4-3-11-26(20(15)13-17)30(28,29)18-9-6-16(22)7-10-18/h5-10,12-13H,3-4,11H2,1-2H3,(H,23,27). The lowest BCUT2D eigenvalue weighted by Gasteiger charge is -2.31. The molecule has 0 unspecified atom stereocenters. The number of halogens is 1. The first kappa shape index (κ1) is 20.1. The molecule has 1 aliphatic heterocycles. The average Bonchev–Trinajstić information content (AvgIpc) is 3.06. The van der Waals surface area contributed by atoms with Crippen LogP contribution in [0.3, 0.4) is 0 Å². The van der Waals surface area contributed by atoms with Crippen LogP contribution in [0.4, 0.5) is 15.8 Å². The first-order valence-corrected chi connectivity index (χ1v) is 10.9. The molecular formula is C21H21FN4O3S. The van der Waals surface area contributed by atoms with E-state index in [2.05, 4.69) is 10.4 Å². The Morgan fingerprint density at radius 1 is 1.13 bits per heavy atom. The number of anilines is 2. The topological polar surface area (TPSA) is 84.3 Å². The van der Waals surface area contributed by atoms with Gasteiger partial charge in [-0.3, -0.25) is 13.8 Å². The molecule has 156 valence electrons. The highest BCUT2D eigenvalue weighted by molar-refractivity contribution is 7.92. The van der Waals surface area contributed by atoms with Crippen molar-refractivity contribution >= 4 is 27.3 Å². The minimum atomic E-state index is -3.85. The molecule has 1 aromatic heterocycles. The van der Waals surface area contributed by atoms with Crippen LogP contribution in [0, 0.1) is 12.7 Å². The van der Waals surface area contributed by atoms with Crippen LogP contribution >= 0.6 is 0 Å². The van der Waals surface area contributed by atoms with Gasteiger partial charge in [-0.15, -0.1) is 0 Å². The molecule has 9 heteroatoms. The molecule has 0 aliphatic carbocycles. The van der Waals surface area contributed by atoms with E-state index in [0.717, 1.165) is 29.8 Å². The van der Waals surface area contributed by atoms with Crippen molar-refractivity contribution < 1.29 is 17.6 Å². The van der Waals surface area contributed by atoms with Crippen molar-refractivity contribution in [2.24, 2.45) is 7.05 Å². The molecule has 1 amide bonds. The average molecular weight is 428 g/mol. The molecule has 0 saturated carbocycles. The number of nitrogens with one attached hydrogen (secondary N) is 1. The maximum absolute atomic E-state index is 13.2. The van der Waals surface area contributed by atoms with Crippen LogP contribution in [0.15, 0.2) is 53.4 Å². The molecule has 2 heterocycles. The number of fused-ring (bicyclic) bond motifs is 1. The number of nitrogens with zero attached hydrogens (tertiary/aromatic N) is 3. The van der Waals surface area contributed by atoms with Gasteiger partial charge in [0, 0.05) is 25.0 Å². The summed E-state index contributed by atoms with van der Waals surface area (Å²) in [6.45, 7) is 2.16. The number of rotatable bonds is 4. The molecule has 1 aliphatic rings. The number of benzene rings is 2.